The van der Waals surface area contributed by atoms with Crippen molar-refractivity contribution in [3.8, 4) is 11.5 Å². The molecule has 5 rings (SSSR count). The van der Waals surface area contributed by atoms with Gasteiger partial charge in [-0.15, -0.1) is 0 Å². The molecule has 3 aromatic rings. The van der Waals surface area contributed by atoms with Gasteiger partial charge in [-0.25, -0.2) is 4.39 Å². The molecule has 2 aliphatic rings. The monoisotopic (exact) mass is 402 g/mol. The zero-order chi connectivity index (χ0) is 20.7. The van der Waals surface area contributed by atoms with Gasteiger partial charge >= 0.3 is 0 Å². The summed E-state index contributed by atoms with van der Waals surface area (Å²) in [6, 6.07) is 11.7. The van der Waals surface area contributed by atoms with Crippen molar-refractivity contribution in [3.63, 3.8) is 0 Å². The van der Waals surface area contributed by atoms with Crippen LogP contribution in [0.15, 0.2) is 60.6 Å². The van der Waals surface area contributed by atoms with Crippen LogP contribution in [0.3, 0.4) is 0 Å². The lowest BCUT2D eigenvalue weighted by Gasteiger charge is -2.30. The van der Waals surface area contributed by atoms with E-state index in [0.29, 0.717) is 36.7 Å². The van der Waals surface area contributed by atoms with E-state index in [1.54, 1.807) is 24.4 Å². The molecule has 0 bridgehead atoms. The predicted octanol–water partition coefficient (Wildman–Crippen LogP) is 4.50. The second-order valence-electron chi connectivity index (χ2n) is 7.48. The summed E-state index contributed by atoms with van der Waals surface area (Å²) in [6.07, 6.45) is 5.23. The van der Waals surface area contributed by atoms with E-state index in [1.165, 1.54) is 12.1 Å². The largest absolute Gasteiger partial charge is 0.477 e. The lowest BCUT2D eigenvalue weighted by molar-refractivity contribution is 0.0876. The number of aromatic nitrogens is 1. The van der Waals surface area contributed by atoms with Crippen LogP contribution >= 0.6 is 0 Å². The smallest absolute Gasteiger partial charge is 0.231 e. The van der Waals surface area contributed by atoms with E-state index < -0.39 is 0 Å². The number of benzene rings is 2. The third-order valence-corrected chi connectivity index (χ3v) is 5.30. The van der Waals surface area contributed by atoms with E-state index in [9.17, 15) is 9.18 Å². The van der Waals surface area contributed by atoms with E-state index in [0.717, 1.165) is 22.4 Å². The van der Waals surface area contributed by atoms with Crippen molar-refractivity contribution in [1.29, 1.82) is 0 Å². The number of pyridine rings is 1. The molecule has 6 heteroatoms. The summed E-state index contributed by atoms with van der Waals surface area (Å²) in [5.74, 6) is 1.04. The van der Waals surface area contributed by atoms with Crippen LogP contribution in [0.2, 0.25) is 0 Å². The molecule has 0 fully saturated rings. The number of hydrogen-bond acceptors (Lipinski definition) is 5. The summed E-state index contributed by atoms with van der Waals surface area (Å²) in [7, 11) is 0. The first-order valence-electron chi connectivity index (χ1n) is 9.69. The zero-order valence-electron chi connectivity index (χ0n) is 16.4. The van der Waals surface area contributed by atoms with Crippen molar-refractivity contribution in [2.75, 3.05) is 6.73 Å². The summed E-state index contributed by atoms with van der Waals surface area (Å²) in [5, 5.41) is 0. The van der Waals surface area contributed by atoms with Gasteiger partial charge in [0.15, 0.2) is 5.76 Å². The Hall–Kier alpha value is -3.51. The van der Waals surface area contributed by atoms with Gasteiger partial charge in [-0.1, -0.05) is 18.2 Å². The van der Waals surface area contributed by atoms with E-state index in [2.05, 4.69) is 9.88 Å². The molecule has 0 radical (unpaired) electrons. The summed E-state index contributed by atoms with van der Waals surface area (Å²) < 4.78 is 25.1. The highest BCUT2D eigenvalue weighted by molar-refractivity contribution is 6.15. The molecule has 0 spiro atoms. The predicted molar refractivity (Wildman–Crippen MR) is 109 cm³/mol. The number of nitrogens with zero attached hydrogens (tertiary/aromatic N) is 2. The van der Waals surface area contributed by atoms with Crippen LogP contribution in [0.25, 0.3) is 6.08 Å². The Morgan fingerprint density at radius 1 is 1.20 bits per heavy atom. The number of carbonyl (C=O) groups is 1. The maximum atomic E-state index is 13.1. The summed E-state index contributed by atoms with van der Waals surface area (Å²) >= 11 is 0. The fraction of sp³-hybridized carbons (Fsp3) is 0.167. The first-order valence-corrected chi connectivity index (χ1v) is 9.69. The van der Waals surface area contributed by atoms with Crippen LogP contribution < -0.4 is 9.47 Å². The Labute approximate surface area is 173 Å². The van der Waals surface area contributed by atoms with Gasteiger partial charge in [0.2, 0.25) is 5.78 Å². The van der Waals surface area contributed by atoms with Crippen LogP contribution in [0.1, 0.15) is 32.6 Å². The molecular weight excluding hydrogens is 383 g/mol. The lowest BCUT2D eigenvalue weighted by atomic mass is 10.00. The molecule has 0 N–H and O–H groups in total. The minimum atomic E-state index is -0.324. The molecular formula is C24H19FN2O3. The summed E-state index contributed by atoms with van der Waals surface area (Å²) in [6.45, 7) is 3.74. The Bertz CT molecular complexity index is 1160. The molecule has 150 valence electrons. The molecule has 0 saturated carbocycles. The van der Waals surface area contributed by atoms with E-state index in [4.69, 9.17) is 9.47 Å². The molecule has 0 atom stereocenters. The third-order valence-electron chi connectivity index (χ3n) is 5.30. The minimum absolute atomic E-state index is 0.176. The topological polar surface area (TPSA) is 51.7 Å². The number of carbonyl (C=O) groups excluding carboxylic acids is 1. The highest BCUT2D eigenvalue weighted by Crippen LogP contribution is 2.43. The minimum Gasteiger partial charge on any atom is -0.477 e. The molecule has 0 amide bonds. The first-order chi connectivity index (χ1) is 14.6. The second-order valence-corrected chi connectivity index (χ2v) is 7.48. The van der Waals surface area contributed by atoms with Gasteiger partial charge < -0.3 is 9.47 Å². The third kappa shape index (κ3) is 3.35. The van der Waals surface area contributed by atoms with Crippen LogP contribution in [0.5, 0.6) is 11.5 Å². The quantitative estimate of drug-likeness (QED) is 0.604. The van der Waals surface area contributed by atoms with Gasteiger partial charge in [0, 0.05) is 36.6 Å². The van der Waals surface area contributed by atoms with Crippen LogP contribution in [-0.2, 0) is 13.1 Å². The number of rotatable bonds is 3. The molecule has 1 aromatic heterocycles. The van der Waals surface area contributed by atoms with Gasteiger partial charge in [0.05, 0.1) is 5.56 Å². The average molecular weight is 402 g/mol. The SMILES string of the molecule is Cc1c2c(cc3c1O/C(=C\c1ccc(F)cc1)C3=O)CN(Cc1cccnc1)CO2. The van der Waals surface area contributed by atoms with Gasteiger partial charge in [0.25, 0.3) is 0 Å². The maximum absolute atomic E-state index is 13.1. The lowest BCUT2D eigenvalue weighted by Crippen LogP contribution is -2.32. The van der Waals surface area contributed by atoms with E-state index in [-0.39, 0.29) is 17.4 Å². The van der Waals surface area contributed by atoms with Crippen LogP contribution in [-0.4, -0.2) is 22.4 Å². The molecule has 5 nitrogen and oxygen atoms in total. The Morgan fingerprint density at radius 2 is 2.03 bits per heavy atom. The van der Waals surface area contributed by atoms with Crippen LogP contribution in [0.4, 0.5) is 4.39 Å². The van der Waals surface area contributed by atoms with E-state index >= 15 is 0 Å². The van der Waals surface area contributed by atoms with Gasteiger partial charge in [-0.05, 0) is 48.4 Å². The number of fused-ring (bicyclic) bond motifs is 2. The maximum Gasteiger partial charge on any atom is 0.231 e. The molecule has 30 heavy (non-hydrogen) atoms. The van der Waals surface area contributed by atoms with Gasteiger partial charge in [-0.2, -0.15) is 0 Å². The number of ether oxygens (including phenoxy) is 2. The second kappa shape index (κ2) is 7.39. The first kappa shape index (κ1) is 18.5. The van der Waals surface area contributed by atoms with Crippen molar-refractivity contribution in [3.05, 3.63) is 94.3 Å². The van der Waals surface area contributed by atoms with Crippen molar-refractivity contribution >= 4 is 11.9 Å². The molecule has 0 aliphatic carbocycles. The standard InChI is InChI=1S/C24H19FN2O3/c1-15-23-18(13-27(14-29-23)12-17-3-2-8-26-11-17)10-20-22(28)21(30-24(15)20)9-16-4-6-19(25)7-5-16/h2-11H,12-14H2,1H3/b21-9-. The fourth-order valence-corrected chi connectivity index (χ4v) is 3.86. The normalized spacial score (nSPS) is 16.7. The molecule has 3 heterocycles. The molecule has 2 aromatic carbocycles. The highest BCUT2D eigenvalue weighted by Gasteiger charge is 2.33. The number of allylic oxidation sites excluding steroid dienone is 1. The molecule has 0 saturated heterocycles. The number of halogens is 1. The van der Waals surface area contributed by atoms with Crippen molar-refractivity contribution in [2.24, 2.45) is 0 Å². The van der Waals surface area contributed by atoms with Gasteiger partial charge in [-0.3, -0.25) is 14.7 Å². The number of hydrogen-bond donors (Lipinski definition) is 0. The highest BCUT2D eigenvalue weighted by atomic mass is 19.1. The number of ketones is 1. The van der Waals surface area contributed by atoms with Crippen LogP contribution in [0, 0.1) is 12.7 Å². The summed E-state index contributed by atoms with van der Waals surface area (Å²) in [4.78, 5) is 19.3. The van der Waals surface area contributed by atoms with E-state index in [1.807, 2.05) is 31.3 Å². The van der Waals surface area contributed by atoms with Crippen molar-refractivity contribution in [2.45, 2.75) is 20.0 Å². The average Bonchev–Trinajstić information content (AvgIpc) is 3.06. The molecule has 0 unspecified atom stereocenters. The Kier molecular flexibility index (Phi) is 4.56. The number of Topliss-reactive ketones (excluding diaryl/α,β-unsaturated/α-hetero) is 1. The Morgan fingerprint density at radius 3 is 2.80 bits per heavy atom. The molecule has 2 aliphatic heterocycles. The zero-order valence-corrected chi connectivity index (χ0v) is 16.4. The Balaban J connectivity index is 1.43. The summed E-state index contributed by atoms with van der Waals surface area (Å²) in [5.41, 5.74) is 4.12. The van der Waals surface area contributed by atoms with Gasteiger partial charge in [0.1, 0.15) is 24.0 Å². The fourth-order valence-electron chi connectivity index (χ4n) is 3.86. The van der Waals surface area contributed by atoms with Crippen molar-refractivity contribution in [1.82, 2.24) is 9.88 Å². The van der Waals surface area contributed by atoms with Crippen molar-refractivity contribution < 1.29 is 18.7 Å².